The summed E-state index contributed by atoms with van der Waals surface area (Å²) < 4.78 is 5.15. The van der Waals surface area contributed by atoms with Gasteiger partial charge in [-0.25, -0.2) is 4.79 Å². The Bertz CT molecular complexity index is 824. The van der Waals surface area contributed by atoms with E-state index in [1.807, 2.05) is 35.2 Å². The summed E-state index contributed by atoms with van der Waals surface area (Å²) in [5.41, 5.74) is 3.39. The zero-order valence-electron chi connectivity index (χ0n) is 13.9. The van der Waals surface area contributed by atoms with Gasteiger partial charge in [-0.1, -0.05) is 24.3 Å². The first kappa shape index (κ1) is 16.8. The van der Waals surface area contributed by atoms with Crippen molar-refractivity contribution in [2.45, 2.75) is 13.0 Å². The topological polar surface area (TPSA) is 66.8 Å². The number of nitrogens with zero attached hydrogens (tertiary/aromatic N) is 1. The summed E-state index contributed by atoms with van der Waals surface area (Å²) in [5.74, 6) is -0.238. The van der Waals surface area contributed by atoms with E-state index in [1.165, 1.54) is 0 Å². The molecule has 2 aromatic rings. The fourth-order valence-corrected chi connectivity index (χ4v) is 3.02. The Hall–Kier alpha value is -3.08. The van der Waals surface area contributed by atoms with Gasteiger partial charge in [0, 0.05) is 24.7 Å². The number of carboxylic acids is 1. The van der Waals surface area contributed by atoms with E-state index in [0.29, 0.717) is 25.1 Å². The highest BCUT2D eigenvalue weighted by atomic mass is 16.5. The third kappa shape index (κ3) is 3.71. The fraction of sp³-hybridized carbons (Fsp3) is 0.200. The number of ether oxygens (including phenoxy) is 1. The van der Waals surface area contributed by atoms with Crippen LogP contribution in [0.15, 0.2) is 48.5 Å². The Morgan fingerprint density at radius 1 is 1.24 bits per heavy atom. The Kier molecular flexibility index (Phi) is 4.84. The number of hydrogen-bond acceptors (Lipinski definition) is 3. The molecular formula is C20H19NO4. The maximum Gasteiger partial charge on any atom is 0.328 e. The summed E-state index contributed by atoms with van der Waals surface area (Å²) in [6.07, 6.45) is 3.36. The van der Waals surface area contributed by atoms with Gasteiger partial charge in [0.05, 0.1) is 7.11 Å². The average molecular weight is 337 g/mol. The van der Waals surface area contributed by atoms with E-state index >= 15 is 0 Å². The molecular weight excluding hydrogens is 318 g/mol. The quantitative estimate of drug-likeness (QED) is 0.852. The minimum absolute atomic E-state index is 0.0253. The van der Waals surface area contributed by atoms with Crippen molar-refractivity contribution in [2.75, 3.05) is 13.7 Å². The normalized spacial score (nSPS) is 13.8. The molecule has 0 fully saturated rings. The van der Waals surface area contributed by atoms with Crippen molar-refractivity contribution in [3.8, 4) is 5.75 Å². The molecule has 1 aliphatic heterocycles. The van der Waals surface area contributed by atoms with Crippen LogP contribution < -0.4 is 4.74 Å². The summed E-state index contributed by atoms with van der Waals surface area (Å²) in [4.78, 5) is 25.3. The van der Waals surface area contributed by atoms with Crippen molar-refractivity contribution >= 4 is 18.0 Å². The largest absolute Gasteiger partial charge is 0.497 e. The van der Waals surface area contributed by atoms with E-state index in [2.05, 4.69) is 0 Å². The maximum absolute atomic E-state index is 12.8. The molecule has 1 N–H and O–H groups in total. The molecule has 2 aromatic carbocycles. The molecule has 0 saturated heterocycles. The predicted octanol–water partition coefficient (Wildman–Crippen LogP) is 2.99. The monoisotopic (exact) mass is 337 g/mol. The smallest absolute Gasteiger partial charge is 0.328 e. The van der Waals surface area contributed by atoms with Gasteiger partial charge >= 0.3 is 5.97 Å². The van der Waals surface area contributed by atoms with Crippen LogP contribution in [0.5, 0.6) is 5.75 Å². The minimum Gasteiger partial charge on any atom is -0.497 e. The summed E-state index contributed by atoms with van der Waals surface area (Å²) in [7, 11) is 1.62. The summed E-state index contributed by atoms with van der Waals surface area (Å²) >= 11 is 0. The van der Waals surface area contributed by atoms with Gasteiger partial charge in [-0.05, 0) is 47.4 Å². The third-order valence-electron chi connectivity index (χ3n) is 4.30. The number of aliphatic carboxylic acids is 1. The molecule has 0 unspecified atom stereocenters. The Morgan fingerprint density at radius 2 is 2.00 bits per heavy atom. The maximum atomic E-state index is 12.8. The standard InChI is InChI=1S/C20H19NO4/c1-25-16-8-5-14(6-9-16)13-21-12-11-17-15(7-10-19(22)23)3-2-4-18(17)20(21)24/h2-10H,11-13H2,1H3,(H,22,23)/b10-7+. The lowest BCUT2D eigenvalue weighted by Crippen LogP contribution is -2.37. The van der Waals surface area contributed by atoms with Crippen LogP contribution in [-0.4, -0.2) is 35.5 Å². The zero-order valence-corrected chi connectivity index (χ0v) is 13.9. The number of carboxylic acid groups (broad SMARTS) is 1. The second kappa shape index (κ2) is 7.21. The van der Waals surface area contributed by atoms with Crippen LogP contribution in [0.1, 0.15) is 27.0 Å². The van der Waals surface area contributed by atoms with Crippen molar-refractivity contribution in [3.05, 3.63) is 70.8 Å². The Balaban J connectivity index is 1.81. The van der Waals surface area contributed by atoms with Gasteiger partial charge in [-0.15, -0.1) is 0 Å². The van der Waals surface area contributed by atoms with Crippen LogP contribution in [-0.2, 0) is 17.8 Å². The van der Waals surface area contributed by atoms with Gasteiger partial charge in [0.15, 0.2) is 0 Å². The highest BCUT2D eigenvalue weighted by Gasteiger charge is 2.25. The first-order valence-electron chi connectivity index (χ1n) is 8.03. The van der Waals surface area contributed by atoms with Gasteiger partial charge in [0.25, 0.3) is 5.91 Å². The molecule has 0 radical (unpaired) electrons. The number of carbonyl (C=O) groups is 2. The number of hydrogen-bond donors (Lipinski definition) is 1. The average Bonchev–Trinajstić information content (AvgIpc) is 2.63. The Morgan fingerprint density at radius 3 is 2.68 bits per heavy atom. The predicted molar refractivity (Wildman–Crippen MR) is 94.6 cm³/mol. The first-order valence-corrected chi connectivity index (χ1v) is 8.03. The van der Waals surface area contributed by atoms with Gasteiger partial charge in [-0.3, -0.25) is 4.79 Å². The highest BCUT2D eigenvalue weighted by molar-refractivity contribution is 5.98. The molecule has 0 saturated carbocycles. The lowest BCUT2D eigenvalue weighted by atomic mass is 9.93. The molecule has 3 rings (SSSR count). The molecule has 25 heavy (non-hydrogen) atoms. The molecule has 1 amide bonds. The zero-order chi connectivity index (χ0) is 17.8. The molecule has 0 bridgehead atoms. The molecule has 0 aliphatic carbocycles. The second-order valence-corrected chi connectivity index (χ2v) is 5.87. The number of rotatable bonds is 5. The molecule has 0 aromatic heterocycles. The number of fused-ring (bicyclic) bond motifs is 1. The van der Waals surface area contributed by atoms with Gasteiger partial charge in [0.1, 0.15) is 5.75 Å². The van der Waals surface area contributed by atoms with Crippen molar-refractivity contribution < 1.29 is 19.4 Å². The van der Waals surface area contributed by atoms with Crippen LogP contribution in [0.25, 0.3) is 6.08 Å². The molecule has 128 valence electrons. The summed E-state index contributed by atoms with van der Waals surface area (Å²) in [6.45, 7) is 1.15. The van der Waals surface area contributed by atoms with E-state index in [0.717, 1.165) is 28.5 Å². The van der Waals surface area contributed by atoms with Gasteiger partial charge in [0.2, 0.25) is 0 Å². The van der Waals surface area contributed by atoms with Crippen molar-refractivity contribution in [2.24, 2.45) is 0 Å². The van der Waals surface area contributed by atoms with Crippen LogP contribution in [0.4, 0.5) is 0 Å². The highest BCUT2D eigenvalue weighted by Crippen LogP contribution is 2.25. The lowest BCUT2D eigenvalue weighted by Gasteiger charge is -2.29. The van der Waals surface area contributed by atoms with Crippen molar-refractivity contribution in [1.29, 1.82) is 0 Å². The second-order valence-electron chi connectivity index (χ2n) is 5.87. The molecule has 1 heterocycles. The number of amides is 1. The van der Waals surface area contributed by atoms with Crippen LogP contribution in [0, 0.1) is 0 Å². The van der Waals surface area contributed by atoms with E-state index in [9.17, 15) is 9.59 Å². The summed E-state index contributed by atoms with van der Waals surface area (Å²) in [5, 5.41) is 8.80. The fourth-order valence-electron chi connectivity index (χ4n) is 3.02. The third-order valence-corrected chi connectivity index (χ3v) is 4.30. The number of carbonyl (C=O) groups excluding carboxylic acids is 1. The number of methoxy groups -OCH3 is 1. The Labute approximate surface area is 146 Å². The van der Waals surface area contributed by atoms with Crippen LogP contribution in [0.2, 0.25) is 0 Å². The van der Waals surface area contributed by atoms with E-state index in [-0.39, 0.29) is 5.91 Å². The van der Waals surface area contributed by atoms with E-state index in [4.69, 9.17) is 9.84 Å². The van der Waals surface area contributed by atoms with Gasteiger partial charge in [-0.2, -0.15) is 0 Å². The molecule has 5 nitrogen and oxygen atoms in total. The lowest BCUT2D eigenvalue weighted by molar-refractivity contribution is -0.131. The van der Waals surface area contributed by atoms with Crippen molar-refractivity contribution in [3.63, 3.8) is 0 Å². The van der Waals surface area contributed by atoms with Crippen LogP contribution >= 0.6 is 0 Å². The van der Waals surface area contributed by atoms with E-state index < -0.39 is 5.97 Å². The molecule has 0 spiro atoms. The van der Waals surface area contributed by atoms with Gasteiger partial charge < -0.3 is 14.7 Å². The minimum atomic E-state index is -0.999. The van der Waals surface area contributed by atoms with E-state index in [1.54, 1.807) is 25.3 Å². The van der Waals surface area contributed by atoms with Crippen LogP contribution in [0.3, 0.4) is 0 Å². The van der Waals surface area contributed by atoms with Crippen molar-refractivity contribution in [1.82, 2.24) is 4.90 Å². The molecule has 1 aliphatic rings. The summed E-state index contributed by atoms with van der Waals surface area (Å²) in [6, 6.07) is 13.1. The first-order chi connectivity index (χ1) is 12.1. The number of benzene rings is 2. The SMILES string of the molecule is COc1ccc(CN2CCc3c(/C=C/C(=O)O)cccc3C2=O)cc1. The molecule has 5 heteroatoms. The molecule has 0 atom stereocenters.